The molecule has 13 heteroatoms. The van der Waals surface area contributed by atoms with E-state index in [2.05, 4.69) is 16.4 Å². The number of carbonyl (C=O) groups excluding carboxylic acids is 4. The van der Waals surface area contributed by atoms with Gasteiger partial charge in [-0.2, -0.15) is 0 Å². The number of anilines is 2. The summed E-state index contributed by atoms with van der Waals surface area (Å²) in [5.41, 5.74) is 6.98. The Hall–Kier alpha value is -4.82. The van der Waals surface area contributed by atoms with Crippen LogP contribution in [0.2, 0.25) is 0 Å². The van der Waals surface area contributed by atoms with E-state index in [0.29, 0.717) is 32.6 Å². The highest BCUT2D eigenvalue weighted by molar-refractivity contribution is 8.02. The van der Waals surface area contributed by atoms with E-state index in [1.165, 1.54) is 62.0 Å². The lowest BCUT2D eigenvalue weighted by Crippen LogP contribution is -2.29. The Labute approximate surface area is 308 Å². The Morgan fingerprint density at radius 2 is 1.39 bits per heavy atom. The van der Waals surface area contributed by atoms with Crippen LogP contribution in [0.15, 0.2) is 93.6 Å². The number of nitrogens with zero attached hydrogens (tertiary/aromatic N) is 4. The summed E-state index contributed by atoms with van der Waals surface area (Å²) in [6.07, 6.45) is 4.21. The van der Waals surface area contributed by atoms with Crippen molar-refractivity contribution in [2.75, 3.05) is 21.7 Å². The van der Waals surface area contributed by atoms with Crippen LogP contribution in [-0.4, -0.2) is 49.7 Å². The molecule has 0 atom stereocenters. The summed E-state index contributed by atoms with van der Waals surface area (Å²) in [4.78, 5) is 63.0. The van der Waals surface area contributed by atoms with Crippen molar-refractivity contribution < 1.29 is 19.2 Å². The number of fused-ring (bicyclic) bond motifs is 6. The number of hydrogen-bond donors (Lipinski definition) is 1. The Bertz CT molecular complexity index is 2550. The molecule has 0 unspecified atom stereocenters. The zero-order valence-electron chi connectivity index (χ0n) is 26.9. The summed E-state index contributed by atoms with van der Waals surface area (Å²) in [6.45, 7) is 0. The van der Waals surface area contributed by atoms with Gasteiger partial charge in [-0.25, -0.2) is 14.9 Å². The van der Waals surface area contributed by atoms with Crippen molar-refractivity contribution >= 4 is 113 Å². The predicted molar refractivity (Wildman–Crippen MR) is 206 cm³/mol. The second-order valence-corrected chi connectivity index (χ2v) is 16.8. The number of thioether (sulfide) groups is 2. The normalized spacial score (nSPS) is 14.1. The first-order chi connectivity index (χ1) is 24.9. The molecular weight excluding hydrogens is 719 g/mol. The molecule has 0 saturated heterocycles. The van der Waals surface area contributed by atoms with Crippen molar-refractivity contribution in [1.82, 2.24) is 14.5 Å². The first-order valence-corrected chi connectivity index (χ1v) is 20.0. The van der Waals surface area contributed by atoms with Gasteiger partial charge >= 0.3 is 0 Å². The van der Waals surface area contributed by atoms with Gasteiger partial charge in [0, 0.05) is 16.8 Å². The number of benzene rings is 4. The molecule has 4 aromatic carbocycles. The molecule has 2 aliphatic rings. The number of para-hydroxylation sites is 1. The number of rotatable bonds is 8. The smallest absolute Gasteiger partial charge is 0.266 e. The number of nitrogens with one attached hydrogen (secondary N) is 1. The van der Waals surface area contributed by atoms with E-state index in [1.807, 2.05) is 41.0 Å². The largest absolute Gasteiger partial charge is 0.325 e. The number of hydrogen-bond acceptors (Lipinski definition) is 10. The lowest BCUT2D eigenvalue weighted by molar-refractivity contribution is -0.113. The van der Waals surface area contributed by atoms with E-state index in [9.17, 15) is 19.2 Å². The first-order valence-electron chi connectivity index (χ1n) is 16.4. The predicted octanol–water partition coefficient (Wildman–Crippen LogP) is 8.70. The number of aryl methyl sites for hydroxylation is 1. The summed E-state index contributed by atoms with van der Waals surface area (Å²) in [5.74, 6) is -0.328. The molecule has 1 N–H and O–H groups in total. The van der Waals surface area contributed by atoms with Gasteiger partial charge in [-0.1, -0.05) is 53.9 Å². The molecule has 252 valence electrons. The number of thiazole rings is 2. The van der Waals surface area contributed by atoms with Crippen molar-refractivity contribution in [3.05, 3.63) is 107 Å². The molecule has 0 radical (unpaired) electrons. The first kappa shape index (κ1) is 32.1. The summed E-state index contributed by atoms with van der Waals surface area (Å²) in [7, 11) is 0. The van der Waals surface area contributed by atoms with Gasteiger partial charge in [-0.15, -0.1) is 22.7 Å². The van der Waals surface area contributed by atoms with Gasteiger partial charge in [-0.05, 0) is 85.8 Å². The van der Waals surface area contributed by atoms with E-state index in [0.717, 1.165) is 61.7 Å². The molecule has 1 aliphatic heterocycles. The monoisotopic (exact) mass is 745 g/mol. The van der Waals surface area contributed by atoms with Gasteiger partial charge in [0.1, 0.15) is 0 Å². The average molecular weight is 746 g/mol. The molecule has 3 aromatic heterocycles. The van der Waals surface area contributed by atoms with Crippen molar-refractivity contribution in [2.24, 2.45) is 0 Å². The Kier molecular flexibility index (Phi) is 8.22. The minimum atomic E-state index is -0.341. The van der Waals surface area contributed by atoms with Gasteiger partial charge in [0.15, 0.2) is 8.68 Å². The third-order valence-electron chi connectivity index (χ3n) is 9.13. The summed E-state index contributed by atoms with van der Waals surface area (Å²) < 4.78 is 5.20. The molecule has 9 nitrogen and oxygen atoms in total. The van der Waals surface area contributed by atoms with E-state index in [4.69, 9.17) is 4.98 Å². The zero-order valence-corrected chi connectivity index (χ0v) is 30.1. The van der Waals surface area contributed by atoms with Crippen LogP contribution in [0.1, 0.15) is 49.6 Å². The summed E-state index contributed by atoms with van der Waals surface area (Å²) in [5, 5.41) is 4.17. The molecule has 0 saturated carbocycles. The van der Waals surface area contributed by atoms with E-state index >= 15 is 0 Å². The third-order valence-corrected chi connectivity index (χ3v) is 13.4. The lowest BCUT2D eigenvalue weighted by Gasteiger charge is -2.14. The quantitative estimate of drug-likeness (QED) is 0.121. The number of aromatic nitrogens is 3. The van der Waals surface area contributed by atoms with Crippen LogP contribution >= 0.6 is 46.2 Å². The van der Waals surface area contributed by atoms with E-state index in [-0.39, 0.29) is 29.4 Å². The van der Waals surface area contributed by atoms with Gasteiger partial charge in [0.25, 0.3) is 11.8 Å². The molecule has 7 aromatic rings. The van der Waals surface area contributed by atoms with Crippen LogP contribution < -0.4 is 10.2 Å². The highest BCUT2D eigenvalue weighted by Crippen LogP contribution is 2.37. The number of imide groups is 1. The van der Waals surface area contributed by atoms with Crippen molar-refractivity contribution in [3.8, 4) is 0 Å². The molecular formula is C38H27N5O4S4. The maximum Gasteiger partial charge on any atom is 0.266 e. The van der Waals surface area contributed by atoms with E-state index < -0.39 is 0 Å². The second kappa shape index (κ2) is 13.1. The van der Waals surface area contributed by atoms with Gasteiger partial charge in [-0.3, -0.25) is 23.7 Å². The van der Waals surface area contributed by atoms with Crippen LogP contribution in [0.4, 0.5) is 11.4 Å². The minimum absolute atomic E-state index is 0.0698. The van der Waals surface area contributed by atoms with Crippen LogP contribution in [0.25, 0.3) is 31.3 Å². The standard InChI is InChI=1S/C38H27N5O4S4/c44-33(19-48-37-41-28-16-14-22(18-32(28)51-37)42-35(46)25-9-1-2-10-26(25)36(42)47)39-21-13-15-27-31(17-21)50-38(40-27)49-20-34(45)43-29-11-5-3-7-23(29)24-8-4-6-12-30(24)43/h1-3,5,7,9-11,13-18H,4,6,8,12,19-20H2,(H,39,44). The van der Waals surface area contributed by atoms with Gasteiger partial charge < -0.3 is 5.32 Å². The van der Waals surface area contributed by atoms with Crippen LogP contribution in [-0.2, 0) is 17.6 Å². The highest BCUT2D eigenvalue weighted by atomic mass is 32.2. The summed E-state index contributed by atoms with van der Waals surface area (Å²) in [6, 6.07) is 26.0. The molecule has 4 heterocycles. The fraction of sp³-hybridized carbons (Fsp3) is 0.158. The Balaban J connectivity index is 0.833. The second-order valence-electron chi connectivity index (χ2n) is 12.3. The highest BCUT2D eigenvalue weighted by Gasteiger charge is 2.36. The maximum atomic E-state index is 13.5. The topological polar surface area (TPSA) is 114 Å². The van der Waals surface area contributed by atoms with Gasteiger partial charge in [0.2, 0.25) is 11.8 Å². The molecule has 51 heavy (non-hydrogen) atoms. The Morgan fingerprint density at radius 3 is 2.16 bits per heavy atom. The van der Waals surface area contributed by atoms with E-state index in [1.54, 1.807) is 42.5 Å². The fourth-order valence-corrected chi connectivity index (χ4v) is 10.7. The Morgan fingerprint density at radius 1 is 0.745 bits per heavy atom. The number of carbonyl (C=O) groups is 4. The average Bonchev–Trinajstić information content (AvgIpc) is 3.90. The molecule has 1 aliphatic carbocycles. The SMILES string of the molecule is O=C(CSc1nc2ccc(N3C(=O)c4ccccc4C3=O)cc2s1)Nc1ccc2nc(SCC(=O)n3c4c(c5ccccc53)CCCC4)sc2c1. The minimum Gasteiger partial charge on any atom is -0.325 e. The summed E-state index contributed by atoms with van der Waals surface area (Å²) >= 11 is 5.70. The fourth-order valence-electron chi connectivity index (χ4n) is 6.85. The van der Waals surface area contributed by atoms with Crippen molar-refractivity contribution in [3.63, 3.8) is 0 Å². The lowest BCUT2D eigenvalue weighted by atomic mass is 9.96. The van der Waals surface area contributed by atoms with Crippen LogP contribution in [0.5, 0.6) is 0 Å². The zero-order chi connectivity index (χ0) is 34.6. The molecule has 9 rings (SSSR count). The van der Waals surface area contributed by atoms with Crippen molar-refractivity contribution in [2.45, 2.75) is 34.4 Å². The van der Waals surface area contributed by atoms with Crippen LogP contribution in [0, 0.1) is 0 Å². The molecule has 0 bridgehead atoms. The maximum absolute atomic E-state index is 13.5. The van der Waals surface area contributed by atoms with Crippen molar-refractivity contribution in [1.29, 1.82) is 0 Å². The third kappa shape index (κ3) is 5.83. The molecule has 3 amide bonds. The molecule has 0 fully saturated rings. The van der Waals surface area contributed by atoms with Crippen LogP contribution in [0.3, 0.4) is 0 Å². The number of amides is 3. The molecule has 0 spiro atoms. The van der Waals surface area contributed by atoms with Gasteiger partial charge in [0.05, 0.1) is 54.3 Å².